The molecular weight excluding hydrogens is 404 g/mol. The van der Waals surface area contributed by atoms with E-state index in [4.69, 9.17) is 19.9 Å². The van der Waals surface area contributed by atoms with Gasteiger partial charge in [0, 0.05) is 23.8 Å². The van der Waals surface area contributed by atoms with Crippen LogP contribution in [0.4, 0.5) is 11.7 Å². The molecule has 8 heteroatoms. The molecule has 2 unspecified atom stereocenters. The molecule has 0 saturated carbocycles. The average molecular weight is 429 g/mol. The van der Waals surface area contributed by atoms with E-state index in [1.165, 1.54) is 0 Å². The predicted molar refractivity (Wildman–Crippen MR) is 118 cm³/mol. The lowest BCUT2D eigenvalue weighted by Gasteiger charge is -2.48. The van der Waals surface area contributed by atoms with Gasteiger partial charge in [-0.25, -0.2) is 0 Å². The van der Waals surface area contributed by atoms with Crippen LogP contribution < -0.4 is 10.6 Å². The highest BCUT2D eigenvalue weighted by molar-refractivity contribution is 6.03. The van der Waals surface area contributed by atoms with Gasteiger partial charge in [0.2, 0.25) is 0 Å². The summed E-state index contributed by atoms with van der Waals surface area (Å²) in [4.78, 5) is 21.2. The van der Waals surface area contributed by atoms with E-state index in [0.717, 1.165) is 31.7 Å². The number of benzene rings is 2. The molecule has 2 fully saturated rings. The third-order valence-electron chi connectivity index (χ3n) is 6.14. The van der Waals surface area contributed by atoms with Crippen LogP contribution in [-0.4, -0.2) is 54.2 Å². The second kappa shape index (κ2) is 8.26. The number of morpholine rings is 1. The maximum atomic E-state index is 11.8. The molecule has 2 aliphatic heterocycles. The summed E-state index contributed by atoms with van der Waals surface area (Å²) in [7, 11) is 2.18. The summed E-state index contributed by atoms with van der Waals surface area (Å²) >= 11 is 0. The number of carbonyl (C=O) groups excluding carboxylic acids is 1. The highest BCUT2D eigenvalue weighted by atomic mass is 35.5. The van der Waals surface area contributed by atoms with Crippen molar-refractivity contribution in [2.24, 2.45) is 5.73 Å². The number of nitrogens with two attached hydrogens (primary N) is 1. The molecule has 158 valence electrons. The Morgan fingerprint density at radius 2 is 1.80 bits per heavy atom. The van der Waals surface area contributed by atoms with Gasteiger partial charge in [-0.1, -0.05) is 24.3 Å². The van der Waals surface area contributed by atoms with Gasteiger partial charge in [0.05, 0.1) is 18.8 Å². The number of halogens is 1. The van der Waals surface area contributed by atoms with Crippen LogP contribution >= 0.6 is 12.4 Å². The molecule has 2 saturated heterocycles. The number of oxazole rings is 1. The Bertz CT molecular complexity index is 1030. The first-order valence-corrected chi connectivity index (χ1v) is 9.95. The first-order valence-electron chi connectivity index (χ1n) is 9.95. The molecule has 2 aromatic carbocycles. The minimum absolute atomic E-state index is 0. The number of rotatable bonds is 4. The van der Waals surface area contributed by atoms with Gasteiger partial charge in [0.15, 0.2) is 5.58 Å². The molecule has 2 N–H and O–H groups in total. The van der Waals surface area contributed by atoms with Crippen LogP contribution in [-0.2, 0) is 4.74 Å². The number of piperidine rings is 1. The molecule has 30 heavy (non-hydrogen) atoms. The zero-order chi connectivity index (χ0) is 20.0. The average Bonchev–Trinajstić information content (AvgIpc) is 3.13. The number of nitrogens with zero attached hydrogens (tertiary/aromatic N) is 3. The van der Waals surface area contributed by atoms with E-state index >= 15 is 0 Å². The quantitative estimate of drug-likeness (QED) is 0.686. The molecule has 2 aliphatic rings. The summed E-state index contributed by atoms with van der Waals surface area (Å²) in [5.41, 5.74) is 8.01. The number of para-hydroxylation sites is 2. The van der Waals surface area contributed by atoms with Gasteiger partial charge in [-0.05, 0) is 44.2 Å². The molecule has 3 aromatic rings. The summed E-state index contributed by atoms with van der Waals surface area (Å²) in [6, 6.07) is 16.9. The lowest BCUT2D eigenvalue weighted by molar-refractivity contribution is -0.0645. The molecule has 0 aliphatic carbocycles. The maximum Gasteiger partial charge on any atom is 0.303 e. The SMILES string of the molecule is CN1C2COCC1CC(N(c1ccccc1)c1nc3c(C(N)=O)cccc3o1)C2.Cl. The van der Waals surface area contributed by atoms with Crippen LogP contribution in [0.25, 0.3) is 11.1 Å². The van der Waals surface area contributed by atoms with Crippen molar-refractivity contribution < 1.29 is 13.9 Å². The predicted octanol–water partition coefficient (Wildman–Crippen LogP) is 3.35. The monoisotopic (exact) mass is 428 g/mol. The largest absolute Gasteiger partial charge is 0.423 e. The molecule has 0 radical (unpaired) electrons. The van der Waals surface area contributed by atoms with Gasteiger partial charge < -0.3 is 14.9 Å². The third-order valence-corrected chi connectivity index (χ3v) is 6.14. The topological polar surface area (TPSA) is 84.8 Å². The summed E-state index contributed by atoms with van der Waals surface area (Å²) < 4.78 is 11.9. The molecule has 1 amide bonds. The highest BCUT2D eigenvalue weighted by Crippen LogP contribution is 2.37. The van der Waals surface area contributed by atoms with Crippen molar-refractivity contribution in [3.05, 3.63) is 54.1 Å². The van der Waals surface area contributed by atoms with Gasteiger partial charge in [0.1, 0.15) is 5.52 Å². The normalized spacial score (nSPS) is 23.7. The Balaban J connectivity index is 0.00000218. The van der Waals surface area contributed by atoms with E-state index in [-0.39, 0.29) is 18.4 Å². The van der Waals surface area contributed by atoms with Crippen molar-refractivity contribution in [2.45, 2.75) is 31.0 Å². The Hall–Kier alpha value is -2.61. The van der Waals surface area contributed by atoms with Crippen LogP contribution in [0.1, 0.15) is 23.2 Å². The van der Waals surface area contributed by atoms with Gasteiger partial charge >= 0.3 is 6.01 Å². The number of ether oxygens (including phenoxy) is 1. The van der Waals surface area contributed by atoms with Crippen LogP contribution in [0.2, 0.25) is 0 Å². The Morgan fingerprint density at radius 1 is 1.10 bits per heavy atom. The van der Waals surface area contributed by atoms with Crippen molar-refractivity contribution in [1.82, 2.24) is 9.88 Å². The summed E-state index contributed by atoms with van der Waals surface area (Å²) in [5.74, 6) is -0.507. The second-order valence-electron chi connectivity index (χ2n) is 7.85. The van der Waals surface area contributed by atoms with E-state index in [9.17, 15) is 4.79 Å². The summed E-state index contributed by atoms with van der Waals surface area (Å²) in [6.45, 7) is 1.48. The molecule has 0 spiro atoms. The fourth-order valence-corrected chi connectivity index (χ4v) is 4.58. The maximum absolute atomic E-state index is 11.8. The lowest BCUT2D eigenvalue weighted by Crippen LogP contribution is -2.58. The number of anilines is 2. The van der Waals surface area contributed by atoms with Crippen molar-refractivity contribution >= 4 is 41.1 Å². The van der Waals surface area contributed by atoms with E-state index in [0.29, 0.717) is 34.8 Å². The number of amides is 1. The molecule has 5 rings (SSSR count). The first-order chi connectivity index (χ1) is 14.1. The Kier molecular flexibility index (Phi) is 5.69. The molecule has 2 bridgehead atoms. The molecule has 1 aromatic heterocycles. The van der Waals surface area contributed by atoms with E-state index in [2.05, 4.69) is 29.0 Å². The van der Waals surface area contributed by atoms with E-state index in [1.807, 2.05) is 24.3 Å². The lowest BCUT2D eigenvalue weighted by atomic mass is 9.89. The number of fused-ring (bicyclic) bond motifs is 3. The first kappa shape index (κ1) is 20.7. The number of hydrogen-bond donors (Lipinski definition) is 1. The standard InChI is InChI=1S/C22H24N4O3.ClH/c1-25-16-10-15(11-17(25)13-28-12-16)26(14-6-3-2-4-7-14)22-24-20-18(21(23)27)8-5-9-19(20)29-22;/h2-9,15-17H,10-13H2,1H3,(H2,23,27);1H. The molecule has 3 heterocycles. The zero-order valence-corrected chi connectivity index (χ0v) is 17.5. The van der Waals surface area contributed by atoms with Gasteiger partial charge in [-0.3, -0.25) is 14.6 Å². The number of likely N-dealkylation sites (N-methyl/N-ethyl adjacent to an activating group) is 1. The van der Waals surface area contributed by atoms with Gasteiger partial charge in [-0.15, -0.1) is 12.4 Å². The van der Waals surface area contributed by atoms with Crippen molar-refractivity contribution in [1.29, 1.82) is 0 Å². The van der Waals surface area contributed by atoms with Crippen LogP contribution in [0.5, 0.6) is 0 Å². The molecule has 2 atom stereocenters. The molecular formula is C22H25ClN4O3. The minimum atomic E-state index is -0.507. The van der Waals surface area contributed by atoms with Gasteiger partial charge in [0.25, 0.3) is 5.91 Å². The Morgan fingerprint density at radius 3 is 2.47 bits per heavy atom. The fraction of sp³-hybridized carbons (Fsp3) is 0.364. The summed E-state index contributed by atoms with van der Waals surface area (Å²) in [6.07, 6.45) is 1.90. The highest BCUT2D eigenvalue weighted by Gasteiger charge is 2.40. The van der Waals surface area contributed by atoms with Crippen molar-refractivity contribution in [3.8, 4) is 0 Å². The van der Waals surface area contributed by atoms with E-state index in [1.54, 1.807) is 12.1 Å². The summed E-state index contributed by atoms with van der Waals surface area (Å²) in [5, 5.41) is 0. The van der Waals surface area contributed by atoms with Crippen molar-refractivity contribution in [2.75, 3.05) is 25.2 Å². The number of hydrogen-bond acceptors (Lipinski definition) is 6. The number of aromatic nitrogens is 1. The minimum Gasteiger partial charge on any atom is -0.423 e. The number of primary amides is 1. The zero-order valence-electron chi connectivity index (χ0n) is 16.7. The van der Waals surface area contributed by atoms with Gasteiger partial charge in [-0.2, -0.15) is 4.98 Å². The molecule has 7 nitrogen and oxygen atoms in total. The smallest absolute Gasteiger partial charge is 0.303 e. The van der Waals surface area contributed by atoms with Crippen LogP contribution in [0.3, 0.4) is 0 Å². The Labute approximate surface area is 181 Å². The third kappa shape index (κ3) is 3.53. The number of carbonyl (C=O) groups is 1. The van der Waals surface area contributed by atoms with E-state index < -0.39 is 5.91 Å². The second-order valence-corrected chi connectivity index (χ2v) is 7.85. The fourth-order valence-electron chi connectivity index (χ4n) is 4.58. The van der Waals surface area contributed by atoms with Crippen LogP contribution in [0, 0.1) is 0 Å². The van der Waals surface area contributed by atoms with Crippen molar-refractivity contribution in [3.63, 3.8) is 0 Å². The van der Waals surface area contributed by atoms with Crippen LogP contribution in [0.15, 0.2) is 52.9 Å².